The fourth-order valence-corrected chi connectivity index (χ4v) is 3.70. The van der Waals surface area contributed by atoms with E-state index in [9.17, 15) is 0 Å². The van der Waals surface area contributed by atoms with Crippen molar-refractivity contribution < 1.29 is 4.57 Å². The van der Waals surface area contributed by atoms with Gasteiger partial charge in [0, 0.05) is 5.56 Å². The topological polar surface area (TPSA) is 66.9 Å². The molecule has 0 spiro atoms. The minimum Gasteiger partial charge on any atom is -0.384 e. The van der Waals surface area contributed by atoms with Gasteiger partial charge in [-0.1, -0.05) is 65.2 Å². The Hall–Kier alpha value is -2.77. The van der Waals surface area contributed by atoms with Gasteiger partial charge < -0.3 is 5.73 Å². The first kappa shape index (κ1) is 19.6. The van der Waals surface area contributed by atoms with Crippen molar-refractivity contribution in [3.63, 3.8) is 0 Å². The van der Waals surface area contributed by atoms with Crippen molar-refractivity contribution in [3.05, 3.63) is 82.9 Å². The minimum absolute atomic E-state index is 0.124. The van der Waals surface area contributed by atoms with Gasteiger partial charge in [-0.2, -0.15) is 0 Å². The van der Waals surface area contributed by atoms with E-state index in [0.717, 1.165) is 27.8 Å². The van der Waals surface area contributed by atoms with Crippen LogP contribution in [0.3, 0.4) is 0 Å². The fraction of sp³-hybridized carbons (Fsp3) is 0.136. The molecular formula is C22H24N2OP+. The Balaban J connectivity index is 0.00000117. The molecule has 0 fully saturated rings. The SMILES string of the molecule is Cc1c(C(=N)N)c(C)c(-c2ccccc2)c(C)c1-c1ccccc1.O=[PH2+]. The minimum atomic E-state index is 0.124. The van der Waals surface area contributed by atoms with Crippen LogP contribution in [-0.4, -0.2) is 5.84 Å². The Labute approximate surface area is 157 Å². The molecule has 3 rings (SSSR count). The highest BCUT2D eigenvalue weighted by atomic mass is 31.0. The highest BCUT2D eigenvalue weighted by Crippen LogP contribution is 2.39. The average Bonchev–Trinajstić information content (AvgIpc) is 2.65. The maximum Gasteiger partial charge on any atom is 0.310 e. The van der Waals surface area contributed by atoms with Crippen LogP contribution >= 0.6 is 9.12 Å². The summed E-state index contributed by atoms with van der Waals surface area (Å²) in [6.45, 7) is 6.29. The highest BCUT2D eigenvalue weighted by Gasteiger charge is 2.20. The predicted molar refractivity (Wildman–Crippen MR) is 113 cm³/mol. The third kappa shape index (κ3) is 3.58. The molecule has 0 amide bonds. The van der Waals surface area contributed by atoms with Crippen LogP contribution in [-0.2, 0) is 4.57 Å². The Bertz CT molecular complexity index is 855. The number of benzene rings is 3. The number of amidine groups is 1. The van der Waals surface area contributed by atoms with Crippen molar-refractivity contribution in [3.8, 4) is 22.3 Å². The van der Waals surface area contributed by atoms with Gasteiger partial charge in [0.1, 0.15) is 5.84 Å². The zero-order chi connectivity index (χ0) is 19.3. The van der Waals surface area contributed by atoms with E-state index in [1.807, 2.05) is 36.4 Å². The standard InChI is InChI=1S/C22H22N2.H2OP/c1-14-19(17-10-6-4-7-11-17)15(2)21(22(23)24)16(3)20(14)18-12-8-5-9-13-18;1-2/h4-13H,1-3H3,(H3,23,24);2H2/q;+1. The monoisotopic (exact) mass is 363 g/mol. The molecule has 26 heavy (non-hydrogen) atoms. The number of hydrogen-bond donors (Lipinski definition) is 2. The predicted octanol–water partition coefficient (Wildman–Crippen LogP) is 5.44. The first-order valence-corrected chi connectivity index (χ1v) is 8.82. The van der Waals surface area contributed by atoms with E-state index in [1.165, 1.54) is 25.8 Å². The molecule has 3 N–H and O–H groups in total. The number of nitrogens with two attached hydrogens (primary N) is 1. The van der Waals surface area contributed by atoms with Crippen molar-refractivity contribution in [2.45, 2.75) is 20.8 Å². The second-order valence-corrected chi connectivity index (χ2v) is 6.15. The van der Waals surface area contributed by atoms with Crippen LogP contribution in [0.2, 0.25) is 0 Å². The van der Waals surface area contributed by atoms with Crippen LogP contribution in [0.1, 0.15) is 22.3 Å². The molecule has 0 bridgehead atoms. The lowest BCUT2D eigenvalue weighted by molar-refractivity contribution is 0.607. The summed E-state index contributed by atoms with van der Waals surface area (Å²) in [6, 6.07) is 20.7. The Morgan fingerprint density at radius 2 is 1.08 bits per heavy atom. The third-order valence-electron chi connectivity index (χ3n) is 4.64. The van der Waals surface area contributed by atoms with Gasteiger partial charge in [-0.3, -0.25) is 5.41 Å². The highest BCUT2D eigenvalue weighted by molar-refractivity contribution is 7.00. The first-order chi connectivity index (χ1) is 12.5. The quantitative estimate of drug-likeness (QED) is 0.370. The van der Waals surface area contributed by atoms with Crippen molar-refractivity contribution in [1.29, 1.82) is 5.41 Å². The van der Waals surface area contributed by atoms with Crippen LogP contribution in [0.4, 0.5) is 0 Å². The Morgan fingerprint density at radius 3 is 1.38 bits per heavy atom. The second-order valence-electron chi connectivity index (χ2n) is 6.15. The number of nitrogens with one attached hydrogen (secondary N) is 1. The molecule has 3 nitrogen and oxygen atoms in total. The first-order valence-electron chi connectivity index (χ1n) is 8.35. The zero-order valence-electron chi connectivity index (χ0n) is 15.3. The van der Waals surface area contributed by atoms with Gasteiger partial charge in [-0.05, 0) is 59.7 Å². The lowest BCUT2D eigenvalue weighted by Crippen LogP contribution is -2.17. The lowest BCUT2D eigenvalue weighted by atomic mass is 9.82. The molecule has 0 aromatic heterocycles. The molecule has 0 heterocycles. The molecule has 0 aliphatic carbocycles. The molecule has 0 aliphatic rings. The van der Waals surface area contributed by atoms with Crippen molar-refractivity contribution >= 4 is 15.0 Å². The molecule has 0 aliphatic heterocycles. The summed E-state index contributed by atoms with van der Waals surface area (Å²) in [6.07, 6.45) is 0. The Kier molecular flexibility index (Phi) is 6.43. The van der Waals surface area contributed by atoms with Gasteiger partial charge in [-0.15, -0.1) is 0 Å². The molecule has 1 unspecified atom stereocenters. The molecule has 3 aromatic carbocycles. The second kappa shape index (κ2) is 8.55. The van der Waals surface area contributed by atoms with E-state index < -0.39 is 0 Å². The number of hydrogen-bond acceptors (Lipinski definition) is 2. The molecule has 0 saturated heterocycles. The van der Waals surface area contributed by atoms with Crippen LogP contribution in [0.5, 0.6) is 0 Å². The summed E-state index contributed by atoms with van der Waals surface area (Å²) >= 11 is 0. The molecule has 4 heteroatoms. The molecular weight excluding hydrogens is 339 g/mol. The average molecular weight is 363 g/mol. The molecule has 0 radical (unpaired) electrons. The van der Waals surface area contributed by atoms with Crippen LogP contribution < -0.4 is 5.73 Å². The largest absolute Gasteiger partial charge is 0.384 e. The Morgan fingerprint density at radius 1 is 0.731 bits per heavy atom. The van der Waals surface area contributed by atoms with E-state index in [4.69, 9.17) is 15.7 Å². The van der Waals surface area contributed by atoms with Crippen molar-refractivity contribution in [1.82, 2.24) is 0 Å². The maximum absolute atomic E-state index is 8.17. The van der Waals surface area contributed by atoms with Gasteiger partial charge in [0.15, 0.2) is 0 Å². The van der Waals surface area contributed by atoms with E-state index >= 15 is 0 Å². The summed E-state index contributed by atoms with van der Waals surface area (Å²) in [5.74, 6) is 0.124. The van der Waals surface area contributed by atoms with Gasteiger partial charge >= 0.3 is 9.12 Å². The van der Waals surface area contributed by atoms with Crippen LogP contribution in [0, 0.1) is 26.2 Å². The van der Waals surface area contributed by atoms with E-state index in [0.29, 0.717) is 0 Å². The maximum atomic E-state index is 8.17. The number of nitrogen functional groups attached to an aromatic ring is 1. The summed E-state index contributed by atoms with van der Waals surface area (Å²) < 4.78 is 8.17. The molecule has 132 valence electrons. The van der Waals surface area contributed by atoms with E-state index in [2.05, 4.69) is 45.0 Å². The van der Waals surface area contributed by atoms with E-state index in [1.54, 1.807) is 0 Å². The third-order valence-corrected chi connectivity index (χ3v) is 4.64. The van der Waals surface area contributed by atoms with Crippen molar-refractivity contribution in [2.24, 2.45) is 5.73 Å². The lowest BCUT2D eigenvalue weighted by Gasteiger charge is -2.22. The van der Waals surface area contributed by atoms with Gasteiger partial charge in [0.05, 0.1) is 0 Å². The normalized spacial score (nSPS) is 9.96. The summed E-state index contributed by atoms with van der Waals surface area (Å²) in [4.78, 5) is 0. The van der Waals surface area contributed by atoms with Gasteiger partial charge in [0.25, 0.3) is 0 Å². The zero-order valence-corrected chi connectivity index (χ0v) is 16.5. The van der Waals surface area contributed by atoms with Crippen molar-refractivity contribution in [2.75, 3.05) is 0 Å². The smallest absolute Gasteiger partial charge is 0.310 e. The van der Waals surface area contributed by atoms with Crippen LogP contribution in [0.15, 0.2) is 60.7 Å². The molecule has 1 atom stereocenters. The summed E-state index contributed by atoms with van der Waals surface area (Å²) in [5, 5.41) is 8.08. The van der Waals surface area contributed by atoms with Crippen LogP contribution in [0.25, 0.3) is 22.3 Å². The summed E-state index contributed by atoms with van der Waals surface area (Å²) in [7, 11) is 1.17. The van der Waals surface area contributed by atoms with Gasteiger partial charge in [0.2, 0.25) is 0 Å². The fourth-order valence-electron chi connectivity index (χ4n) is 3.70. The summed E-state index contributed by atoms with van der Waals surface area (Å²) in [5.41, 5.74) is 14.8. The molecule has 0 saturated carbocycles. The molecule has 3 aromatic rings. The van der Waals surface area contributed by atoms with E-state index in [-0.39, 0.29) is 5.84 Å². The van der Waals surface area contributed by atoms with Gasteiger partial charge in [-0.25, -0.2) is 0 Å². The number of rotatable bonds is 3.